The van der Waals surface area contributed by atoms with Gasteiger partial charge in [0, 0.05) is 28.1 Å². The van der Waals surface area contributed by atoms with Crippen LogP contribution in [-0.4, -0.2) is 29.2 Å². The predicted molar refractivity (Wildman–Crippen MR) is 152 cm³/mol. The molecule has 11 heteroatoms. The number of pyridine rings is 1. The molecule has 0 fully saturated rings. The molecule has 0 unspecified atom stereocenters. The van der Waals surface area contributed by atoms with Crippen molar-refractivity contribution in [1.29, 1.82) is 0 Å². The number of nitrogens with zero attached hydrogens (tertiary/aromatic N) is 1. The first kappa shape index (κ1) is 30.9. The molecule has 0 aliphatic carbocycles. The molecule has 0 saturated heterocycles. The number of benzene rings is 3. The SMILES string of the molecule is CCCCCC(=O)OCOc1c(-c2ccc(Oc3ccc(OC(F)(F)F)cc3)cc2)c(C)nc2cc(CO)c(Cl)cc12. The zero-order valence-corrected chi connectivity index (χ0v) is 23.7. The van der Waals surface area contributed by atoms with E-state index in [4.69, 9.17) is 30.8 Å². The number of halogens is 4. The van der Waals surface area contributed by atoms with Crippen molar-refractivity contribution in [2.24, 2.45) is 0 Å². The minimum atomic E-state index is -4.78. The van der Waals surface area contributed by atoms with Gasteiger partial charge in [-0.1, -0.05) is 43.5 Å². The molecule has 7 nitrogen and oxygen atoms in total. The monoisotopic (exact) mass is 603 g/mol. The van der Waals surface area contributed by atoms with E-state index in [0.29, 0.717) is 56.4 Å². The fourth-order valence-electron chi connectivity index (χ4n) is 4.31. The number of rotatable bonds is 12. The first-order valence-electron chi connectivity index (χ1n) is 13.2. The highest BCUT2D eigenvalue weighted by Crippen LogP contribution is 2.41. The Morgan fingerprint density at radius 3 is 2.24 bits per heavy atom. The Hall–Kier alpha value is -4.02. The molecule has 0 aliphatic rings. The van der Waals surface area contributed by atoms with E-state index in [9.17, 15) is 23.1 Å². The maximum Gasteiger partial charge on any atom is 0.573 e. The lowest BCUT2D eigenvalue weighted by Gasteiger charge is -2.18. The van der Waals surface area contributed by atoms with E-state index in [1.54, 1.807) is 43.3 Å². The van der Waals surface area contributed by atoms with Gasteiger partial charge in [-0.15, -0.1) is 13.2 Å². The minimum absolute atomic E-state index is 0.262. The smallest absolute Gasteiger partial charge is 0.457 e. The van der Waals surface area contributed by atoms with E-state index in [1.807, 2.05) is 6.92 Å². The summed E-state index contributed by atoms with van der Waals surface area (Å²) in [5, 5.41) is 10.6. The van der Waals surface area contributed by atoms with E-state index < -0.39 is 6.36 Å². The first-order valence-corrected chi connectivity index (χ1v) is 13.6. The van der Waals surface area contributed by atoms with Crippen LogP contribution in [0.15, 0.2) is 60.7 Å². The van der Waals surface area contributed by atoms with Gasteiger partial charge in [0.1, 0.15) is 23.0 Å². The van der Waals surface area contributed by atoms with Crippen LogP contribution < -0.4 is 14.2 Å². The van der Waals surface area contributed by atoms with Crippen molar-refractivity contribution in [2.45, 2.75) is 52.5 Å². The molecule has 0 aliphatic heterocycles. The maximum absolute atomic E-state index is 12.4. The van der Waals surface area contributed by atoms with Crippen molar-refractivity contribution in [3.8, 4) is 34.1 Å². The summed E-state index contributed by atoms with van der Waals surface area (Å²) in [5.74, 6) is 0.447. The molecule has 1 heterocycles. The van der Waals surface area contributed by atoms with Crippen molar-refractivity contribution < 1.29 is 42.0 Å². The van der Waals surface area contributed by atoms with E-state index in [2.05, 4.69) is 4.74 Å². The Balaban J connectivity index is 1.60. The molecule has 0 bridgehead atoms. The van der Waals surface area contributed by atoms with Crippen LogP contribution in [0.25, 0.3) is 22.0 Å². The number of ether oxygens (including phenoxy) is 4. The van der Waals surface area contributed by atoms with Crippen LogP contribution in [0.4, 0.5) is 13.2 Å². The van der Waals surface area contributed by atoms with Crippen molar-refractivity contribution in [1.82, 2.24) is 4.98 Å². The minimum Gasteiger partial charge on any atom is -0.457 e. The van der Waals surface area contributed by atoms with Gasteiger partial charge in [-0.3, -0.25) is 9.78 Å². The second-order valence-corrected chi connectivity index (χ2v) is 9.81. The van der Waals surface area contributed by atoms with Gasteiger partial charge in [0.05, 0.1) is 12.1 Å². The number of aliphatic hydroxyl groups is 1. The highest BCUT2D eigenvalue weighted by atomic mass is 35.5. The van der Waals surface area contributed by atoms with Crippen LogP contribution in [0.5, 0.6) is 23.0 Å². The third kappa shape index (κ3) is 8.04. The first-order chi connectivity index (χ1) is 20.1. The maximum atomic E-state index is 12.4. The molecule has 0 atom stereocenters. The second kappa shape index (κ2) is 13.8. The number of aliphatic hydroxyl groups excluding tert-OH is 1. The molecule has 0 amide bonds. The predicted octanol–water partition coefficient (Wildman–Crippen LogP) is 8.51. The molecule has 42 heavy (non-hydrogen) atoms. The third-order valence-corrected chi connectivity index (χ3v) is 6.65. The molecule has 4 rings (SSSR count). The van der Waals surface area contributed by atoms with Crippen LogP contribution >= 0.6 is 11.6 Å². The number of aromatic nitrogens is 1. The molecule has 4 aromatic rings. The van der Waals surface area contributed by atoms with Gasteiger partial charge >= 0.3 is 12.3 Å². The summed E-state index contributed by atoms with van der Waals surface area (Å²) in [6.07, 6.45) is -1.83. The third-order valence-electron chi connectivity index (χ3n) is 6.30. The van der Waals surface area contributed by atoms with Crippen LogP contribution in [0.1, 0.15) is 43.9 Å². The Labute approximate surface area is 245 Å². The normalized spacial score (nSPS) is 11.4. The van der Waals surface area contributed by atoms with Gasteiger partial charge in [0.15, 0.2) is 0 Å². The van der Waals surface area contributed by atoms with Crippen molar-refractivity contribution in [2.75, 3.05) is 6.79 Å². The van der Waals surface area contributed by atoms with Crippen LogP contribution in [0.3, 0.4) is 0 Å². The fourth-order valence-corrected chi connectivity index (χ4v) is 4.53. The molecular formula is C31H29ClF3NO6. The van der Waals surface area contributed by atoms with Gasteiger partial charge in [-0.2, -0.15) is 0 Å². The number of carbonyl (C=O) groups excluding carboxylic acids is 1. The number of aryl methyl sites for hydroxylation is 1. The number of hydrogen-bond donors (Lipinski definition) is 1. The van der Waals surface area contributed by atoms with Gasteiger partial charge < -0.3 is 24.1 Å². The Morgan fingerprint density at radius 1 is 0.976 bits per heavy atom. The number of esters is 1. The number of unbranched alkanes of at least 4 members (excludes halogenated alkanes) is 2. The van der Waals surface area contributed by atoms with Gasteiger partial charge in [0.25, 0.3) is 0 Å². The van der Waals surface area contributed by atoms with Crippen molar-refractivity contribution in [3.63, 3.8) is 0 Å². The lowest BCUT2D eigenvalue weighted by molar-refractivity contribution is -0.274. The highest BCUT2D eigenvalue weighted by molar-refractivity contribution is 6.32. The average molecular weight is 604 g/mol. The van der Waals surface area contributed by atoms with E-state index in [-0.39, 0.29) is 25.1 Å². The summed E-state index contributed by atoms with van der Waals surface area (Å²) >= 11 is 6.40. The number of hydrogen-bond acceptors (Lipinski definition) is 7. The van der Waals surface area contributed by atoms with Crippen LogP contribution in [0, 0.1) is 6.92 Å². The molecule has 1 aromatic heterocycles. The fraction of sp³-hybridized carbons (Fsp3) is 0.290. The Bertz CT molecular complexity index is 1530. The van der Waals surface area contributed by atoms with Crippen LogP contribution in [0.2, 0.25) is 5.02 Å². The summed E-state index contributed by atoms with van der Waals surface area (Å²) in [4.78, 5) is 16.9. The average Bonchev–Trinajstić information content (AvgIpc) is 2.94. The molecule has 0 saturated carbocycles. The standard InChI is InChI=1S/C31H29ClF3NO6/c1-3-4-5-6-28(38)39-18-40-30-25-16-26(32)21(17-37)15-27(25)36-19(2)29(30)20-7-9-22(10-8-20)41-23-11-13-24(14-12-23)42-31(33,34)35/h7-16,37H,3-6,17-18H2,1-2H3. The Kier molecular flexibility index (Phi) is 10.1. The summed E-state index contributed by atoms with van der Waals surface area (Å²) in [7, 11) is 0. The molecule has 222 valence electrons. The second-order valence-electron chi connectivity index (χ2n) is 9.40. The zero-order valence-electron chi connectivity index (χ0n) is 23.0. The molecule has 0 radical (unpaired) electrons. The van der Waals surface area contributed by atoms with Crippen molar-refractivity contribution in [3.05, 3.63) is 76.9 Å². The molecule has 0 spiro atoms. The summed E-state index contributed by atoms with van der Waals surface area (Å²) < 4.78 is 58.3. The zero-order chi connectivity index (χ0) is 30.3. The van der Waals surface area contributed by atoms with Crippen LogP contribution in [-0.2, 0) is 16.1 Å². The topological polar surface area (TPSA) is 87.1 Å². The Morgan fingerprint density at radius 2 is 1.62 bits per heavy atom. The lowest BCUT2D eigenvalue weighted by atomic mass is 9.99. The quantitative estimate of drug-likeness (QED) is 0.0986. The number of alkyl halides is 3. The van der Waals surface area contributed by atoms with E-state index >= 15 is 0 Å². The number of fused-ring (bicyclic) bond motifs is 1. The van der Waals surface area contributed by atoms with E-state index in [1.165, 1.54) is 12.1 Å². The van der Waals surface area contributed by atoms with Gasteiger partial charge in [-0.25, -0.2) is 0 Å². The highest BCUT2D eigenvalue weighted by Gasteiger charge is 2.31. The summed E-state index contributed by atoms with van der Waals surface area (Å²) in [5.41, 5.74) is 3.03. The summed E-state index contributed by atoms with van der Waals surface area (Å²) in [6, 6.07) is 15.3. The lowest BCUT2D eigenvalue weighted by Crippen LogP contribution is -2.16. The molecular weight excluding hydrogens is 575 g/mol. The largest absolute Gasteiger partial charge is 0.573 e. The number of carbonyl (C=O) groups is 1. The van der Waals surface area contributed by atoms with Gasteiger partial charge in [-0.05, 0) is 73.0 Å². The van der Waals surface area contributed by atoms with Gasteiger partial charge in [0.2, 0.25) is 6.79 Å². The molecule has 1 N–H and O–H groups in total. The van der Waals surface area contributed by atoms with Crippen molar-refractivity contribution >= 4 is 28.5 Å². The molecule has 3 aromatic carbocycles. The summed E-state index contributed by atoms with van der Waals surface area (Å²) in [6.45, 7) is 3.28. The van der Waals surface area contributed by atoms with E-state index in [0.717, 1.165) is 37.0 Å².